The van der Waals surface area contributed by atoms with Gasteiger partial charge in [0.05, 0.1) is 6.26 Å². The first-order valence-corrected chi connectivity index (χ1v) is 11.4. The van der Waals surface area contributed by atoms with Crippen LogP contribution in [0, 0.1) is 0 Å². The van der Waals surface area contributed by atoms with Crippen LogP contribution in [0.5, 0.6) is 0 Å². The van der Waals surface area contributed by atoms with Gasteiger partial charge in [-0.1, -0.05) is 18.2 Å². The van der Waals surface area contributed by atoms with Crippen molar-refractivity contribution in [2.45, 2.75) is 38.1 Å². The molecule has 25 heavy (non-hydrogen) atoms. The predicted molar refractivity (Wildman–Crippen MR) is 102 cm³/mol. The van der Waals surface area contributed by atoms with E-state index in [-0.39, 0.29) is 11.9 Å². The minimum Gasteiger partial charge on any atom is -0.341 e. The number of aryl methyl sites for hydroxylation is 1. The summed E-state index contributed by atoms with van der Waals surface area (Å²) >= 11 is 1.75. The maximum Gasteiger partial charge on any atom is 0.222 e. The maximum absolute atomic E-state index is 12.5. The van der Waals surface area contributed by atoms with Gasteiger partial charge >= 0.3 is 0 Å². The normalized spacial score (nSPS) is 18.6. The van der Waals surface area contributed by atoms with Gasteiger partial charge in [0, 0.05) is 30.3 Å². The summed E-state index contributed by atoms with van der Waals surface area (Å²) in [6, 6.07) is 8.19. The number of fused-ring (bicyclic) bond motifs is 1. The summed E-state index contributed by atoms with van der Waals surface area (Å²) < 4.78 is 26.7. The zero-order chi connectivity index (χ0) is 17.9. The van der Waals surface area contributed by atoms with Gasteiger partial charge in [0.1, 0.15) is 0 Å². The van der Waals surface area contributed by atoms with Crippen molar-refractivity contribution in [3.63, 3.8) is 0 Å². The molecule has 1 amide bonds. The molecule has 1 N–H and O–H groups in total. The van der Waals surface area contributed by atoms with Crippen LogP contribution in [0.1, 0.15) is 31.2 Å². The summed E-state index contributed by atoms with van der Waals surface area (Å²) in [4.78, 5) is 14.3. The van der Waals surface area contributed by atoms with Gasteiger partial charge in [-0.25, -0.2) is 13.1 Å². The number of amides is 1. The number of carbonyl (C=O) groups excluding carboxylic acids is 1. The van der Waals surface area contributed by atoms with Crippen molar-refractivity contribution in [2.24, 2.45) is 0 Å². The Balaban J connectivity index is 1.50. The van der Waals surface area contributed by atoms with E-state index < -0.39 is 10.0 Å². The van der Waals surface area contributed by atoms with Crippen LogP contribution in [0.2, 0.25) is 0 Å². The number of hydrogen-bond acceptors (Lipinski definition) is 4. The quantitative estimate of drug-likeness (QED) is 0.838. The monoisotopic (exact) mass is 380 g/mol. The molecule has 1 aromatic heterocycles. The summed E-state index contributed by atoms with van der Waals surface area (Å²) in [5, 5.41) is 3.47. The number of nitrogens with one attached hydrogen (secondary N) is 1. The molecule has 1 unspecified atom stereocenters. The van der Waals surface area contributed by atoms with E-state index in [4.69, 9.17) is 0 Å². The number of benzene rings is 1. The van der Waals surface area contributed by atoms with Crippen LogP contribution >= 0.6 is 11.3 Å². The number of nitrogens with zero attached hydrogens (tertiary/aromatic N) is 1. The molecule has 5 nitrogen and oxygen atoms in total. The van der Waals surface area contributed by atoms with Gasteiger partial charge in [-0.2, -0.15) is 0 Å². The van der Waals surface area contributed by atoms with E-state index in [0.717, 1.165) is 32.2 Å². The first-order chi connectivity index (χ1) is 11.9. The fourth-order valence-electron chi connectivity index (χ4n) is 3.42. The molecule has 1 fully saturated rings. The highest BCUT2D eigenvalue weighted by molar-refractivity contribution is 7.88. The Morgan fingerprint density at radius 1 is 1.36 bits per heavy atom. The van der Waals surface area contributed by atoms with Gasteiger partial charge in [0.2, 0.25) is 15.9 Å². The standard InChI is InChI=1S/C18H24N2O3S2/c1-25(22,23)19-15-7-5-11-20(12-15)18(21)10-4-6-14-13-24-17-9-3-2-8-16(14)17/h2-3,8-9,13,15,19H,4-7,10-12H2,1H3. The molecule has 1 aliphatic rings. The molecule has 0 spiro atoms. The van der Waals surface area contributed by atoms with E-state index in [1.807, 2.05) is 12.1 Å². The third-order valence-corrected chi connectivity index (χ3v) is 6.33. The number of likely N-dealkylation sites (tertiary alicyclic amines) is 1. The molecule has 1 atom stereocenters. The number of rotatable bonds is 6. The highest BCUT2D eigenvalue weighted by Gasteiger charge is 2.25. The minimum absolute atomic E-state index is 0.125. The van der Waals surface area contributed by atoms with Crippen molar-refractivity contribution in [1.82, 2.24) is 9.62 Å². The SMILES string of the molecule is CS(=O)(=O)NC1CCCN(C(=O)CCCc2csc3ccccc23)C1. The lowest BCUT2D eigenvalue weighted by Gasteiger charge is -2.32. The third kappa shape index (κ3) is 5.03. The van der Waals surface area contributed by atoms with E-state index in [2.05, 4.69) is 22.2 Å². The van der Waals surface area contributed by atoms with Crippen LogP contribution in [-0.2, 0) is 21.2 Å². The van der Waals surface area contributed by atoms with Gasteiger partial charge in [-0.05, 0) is 48.1 Å². The number of hydrogen-bond donors (Lipinski definition) is 1. The van der Waals surface area contributed by atoms with E-state index in [9.17, 15) is 13.2 Å². The fourth-order valence-corrected chi connectivity index (χ4v) is 5.21. The molecule has 7 heteroatoms. The molecule has 2 heterocycles. The van der Waals surface area contributed by atoms with Crippen molar-refractivity contribution in [3.05, 3.63) is 35.2 Å². The van der Waals surface area contributed by atoms with Gasteiger partial charge < -0.3 is 4.90 Å². The second-order valence-corrected chi connectivity index (χ2v) is 9.37. The Morgan fingerprint density at radius 2 is 2.16 bits per heavy atom. The number of sulfonamides is 1. The molecule has 1 saturated heterocycles. The Kier molecular flexibility index (Phi) is 5.76. The second-order valence-electron chi connectivity index (χ2n) is 6.68. The molecule has 136 valence electrons. The van der Waals surface area contributed by atoms with Crippen LogP contribution in [-0.4, -0.2) is 44.6 Å². The Bertz CT molecular complexity index is 845. The predicted octanol–water partition coefficient (Wildman–Crippen LogP) is 2.76. The Labute approximate surface area is 153 Å². The molecule has 1 aromatic carbocycles. The number of thiophene rings is 1. The average molecular weight is 381 g/mol. The molecule has 1 aliphatic heterocycles. The summed E-state index contributed by atoms with van der Waals surface area (Å²) in [5.74, 6) is 0.125. The summed E-state index contributed by atoms with van der Waals surface area (Å²) in [6.45, 7) is 1.20. The van der Waals surface area contributed by atoms with Crippen molar-refractivity contribution in [3.8, 4) is 0 Å². The van der Waals surface area contributed by atoms with Crippen molar-refractivity contribution >= 4 is 37.4 Å². The highest BCUT2D eigenvalue weighted by Crippen LogP contribution is 2.27. The lowest BCUT2D eigenvalue weighted by Crippen LogP contribution is -2.49. The first-order valence-electron chi connectivity index (χ1n) is 8.62. The average Bonchev–Trinajstić information content (AvgIpc) is 2.97. The van der Waals surface area contributed by atoms with E-state index in [0.29, 0.717) is 13.0 Å². The fraction of sp³-hybridized carbons (Fsp3) is 0.500. The molecule has 3 rings (SSSR count). The molecule has 0 bridgehead atoms. The van der Waals surface area contributed by atoms with Crippen molar-refractivity contribution in [2.75, 3.05) is 19.3 Å². The molecule has 0 saturated carbocycles. The largest absolute Gasteiger partial charge is 0.341 e. The molecule has 0 aliphatic carbocycles. The van der Waals surface area contributed by atoms with Crippen LogP contribution in [0.25, 0.3) is 10.1 Å². The van der Waals surface area contributed by atoms with Crippen LogP contribution in [0.15, 0.2) is 29.6 Å². The van der Waals surface area contributed by atoms with Crippen LogP contribution in [0.3, 0.4) is 0 Å². The van der Waals surface area contributed by atoms with Gasteiger partial charge in [0.25, 0.3) is 0 Å². The van der Waals surface area contributed by atoms with Crippen LogP contribution in [0.4, 0.5) is 0 Å². The highest BCUT2D eigenvalue weighted by atomic mass is 32.2. The third-order valence-electron chi connectivity index (χ3n) is 4.55. The van der Waals surface area contributed by atoms with Crippen LogP contribution < -0.4 is 4.72 Å². The summed E-state index contributed by atoms with van der Waals surface area (Å²) in [5.41, 5.74) is 1.31. The van der Waals surface area contributed by atoms with E-state index in [1.165, 1.54) is 21.9 Å². The minimum atomic E-state index is -3.23. The topological polar surface area (TPSA) is 66.5 Å². The van der Waals surface area contributed by atoms with E-state index in [1.54, 1.807) is 16.2 Å². The second kappa shape index (κ2) is 7.85. The van der Waals surface area contributed by atoms with Gasteiger partial charge in [-0.3, -0.25) is 4.79 Å². The maximum atomic E-state index is 12.5. The smallest absolute Gasteiger partial charge is 0.222 e. The first kappa shape index (κ1) is 18.4. The lowest BCUT2D eigenvalue weighted by atomic mass is 10.0. The summed E-state index contributed by atoms with van der Waals surface area (Å²) in [7, 11) is -3.23. The summed E-state index contributed by atoms with van der Waals surface area (Å²) in [6.07, 6.45) is 5.02. The van der Waals surface area contributed by atoms with Gasteiger partial charge in [0.15, 0.2) is 0 Å². The number of piperidine rings is 1. The lowest BCUT2D eigenvalue weighted by molar-refractivity contribution is -0.132. The Morgan fingerprint density at radius 3 is 2.96 bits per heavy atom. The Hall–Kier alpha value is -1.44. The zero-order valence-corrected chi connectivity index (χ0v) is 16.0. The molecule has 0 radical (unpaired) electrons. The van der Waals surface area contributed by atoms with E-state index >= 15 is 0 Å². The molecular formula is C18H24N2O3S2. The molecular weight excluding hydrogens is 356 g/mol. The number of carbonyl (C=O) groups is 1. The van der Waals surface area contributed by atoms with Gasteiger partial charge in [-0.15, -0.1) is 11.3 Å². The molecule has 2 aromatic rings. The van der Waals surface area contributed by atoms with Crippen molar-refractivity contribution in [1.29, 1.82) is 0 Å². The van der Waals surface area contributed by atoms with Crippen molar-refractivity contribution < 1.29 is 13.2 Å². The zero-order valence-electron chi connectivity index (χ0n) is 14.4.